The number of azide groups is 1. The maximum Gasteiger partial charge on any atom is 0.337 e. The smallest absolute Gasteiger partial charge is 0.337 e. The first-order valence-corrected chi connectivity index (χ1v) is 18.8. The summed E-state index contributed by atoms with van der Waals surface area (Å²) in [6.45, 7) is 5.71. The Hall–Kier alpha value is -5.36. The van der Waals surface area contributed by atoms with Gasteiger partial charge in [0.15, 0.2) is 24.8 Å². The van der Waals surface area contributed by atoms with Crippen LogP contribution in [0.2, 0.25) is 0 Å². The number of rotatable bonds is 20. The maximum absolute atomic E-state index is 13.7. The second kappa shape index (κ2) is 22.7. The van der Waals surface area contributed by atoms with E-state index in [-0.39, 0.29) is 33.0 Å². The molecule has 10 atom stereocenters. The Kier molecular flexibility index (Phi) is 17.2. The second-order valence-corrected chi connectivity index (χ2v) is 13.4. The molecule has 0 aliphatic carbocycles. The van der Waals surface area contributed by atoms with Crippen molar-refractivity contribution in [2.75, 3.05) is 27.4 Å². The van der Waals surface area contributed by atoms with E-state index in [1.807, 2.05) is 60.7 Å². The van der Waals surface area contributed by atoms with Crippen molar-refractivity contribution in [3.05, 3.63) is 125 Å². The standard InChI is InChI=1S/C42H49N3O14/c1-6-21-51-41-33(44-45-43)35(53-22-28-13-9-7-10-14-28)34(32(57-41)25-52-26(2)46)58-42-39(56-27(3)47)37(55-23-29-15-11-8-12-16-29)36(38(59-42)40(48)50-5)54-24-30-17-19-31(49-4)20-18-30/h6-20,32-39,41-42H,1,21-25H2,2-5H3/t32-,33-,34-,35-,36+,37+,38-,39-,41+,42-/m1/s1. The van der Waals surface area contributed by atoms with Crippen LogP contribution in [0.4, 0.5) is 0 Å². The number of benzene rings is 3. The zero-order valence-corrected chi connectivity index (χ0v) is 33.2. The molecule has 17 nitrogen and oxygen atoms in total. The van der Waals surface area contributed by atoms with E-state index in [1.165, 1.54) is 27.0 Å². The molecule has 3 aromatic carbocycles. The minimum atomic E-state index is -1.61. The first-order valence-electron chi connectivity index (χ1n) is 18.8. The molecule has 0 N–H and O–H groups in total. The van der Waals surface area contributed by atoms with Crippen LogP contribution in [-0.2, 0) is 81.6 Å². The molecule has 0 radical (unpaired) electrons. The van der Waals surface area contributed by atoms with Crippen LogP contribution < -0.4 is 4.74 Å². The number of methoxy groups -OCH3 is 2. The highest BCUT2D eigenvalue weighted by Crippen LogP contribution is 2.36. The topological polar surface area (TPSA) is 202 Å². The zero-order chi connectivity index (χ0) is 42.1. The van der Waals surface area contributed by atoms with Gasteiger partial charge in [-0.1, -0.05) is 84.0 Å². The van der Waals surface area contributed by atoms with Crippen molar-refractivity contribution in [3.63, 3.8) is 0 Å². The molecule has 0 saturated carbocycles. The van der Waals surface area contributed by atoms with Crippen LogP contribution in [0.15, 0.2) is 103 Å². The van der Waals surface area contributed by atoms with Gasteiger partial charge < -0.3 is 52.1 Å². The van der Waals surface area contributed by atoms with Gasteiger partial charge in [-0.15, -0.1) is 6.58 Å². The molecule has 17 heteroatoms. The highest BCUT2D eigenvalue weighted by atomic mass is 16.8. The first kappa shape index (κ1) is 44.7. The highest BCUT2D eigenvalue weighted by molar-refractivity contribution is 5.75. The lowest BCUT2D eigenvalue weighted by Gasteiger charge is -2.48. The maximum atomic E-state index is 13.7. The molecule has 59 heavy (non-hydrogen) atoms. The van der Waals surface area contributed by atoms with Gasteiger partial charge in [0, 0.05) is 18.8 Å². The van der Waals surface area contributed by atoms with Crippen LogP contribution in [0.1, 0.15) is 30.5 Å². The average Bonchev–Trinajstić information content (AvgIpc) is 3.25. The summed E-state index contributed by atoms with van der Waals surface area (Å²) in [6, 6.07) is 24.3. The lowest BCUT2D eigenvalue weighted by atomic mass is 9.95. The Bertz CT molecular complexity index is 1850. The Labute approximate surface area is 341 Å². The minimum Gasteiger partial charge on any atom is -0.497 e. The van der Waals surface area contributed by atoms with Crippen molar-refractivity contribution in [3.8, 4) is 5.75 Å². The summed E-state index contributed by atoms with van der Waals surface area (Å²) in [5.41, 5.74) is 12.0. The van der Waals surface area contributed by atoms with Gasteiger partial charge in [-0.3, -0.25) is 9.59 Å². The lowest BCUT2D eigenvalue weighted by molar-refractivity contribution is -0.353. The van der Waals surface area contributed by atoms with Crippen LogP contribution in [-0.4, -0.2) is 107 Å². The summed E-state index contributed by atoms with van der Waals surface area (Å²) in [5.74, 6) is -1.57. The molecular weight excluding hydrogens is 770 g/mol. The molecule has 316 valence electrons. The van der Waals surface area contributed by atoms with Crippen LogP contribution in [0.5, 0.6) is 5.75 Å². The monoisotopic (exact) mass is 819 g/mol. The van der Waals surface area contributed by atoms with Crippen molar-refractivity contribution < 1.29 is 66.5 Å². The van der Waals surface area contributed by atoms with Crippen molar-refractivity contribution in [2.45, 2.75) is 95.0 Å². The molecule has 2 aliphatic rings. The molecule has 2 fully saturated rings. The van der Waals surface area contributed by atoms with Crippen LogP contribution >= 0.6 is 0 Å². The van der Waals surface area contributed by atoms with Crippen molar-refractivity contribution >= 4 is 17.9 Å². The molecule has 5 rings (SSSR count). The second-order valence-electron chi connectivity index (χ2n) is 13.4. The first-order chi connectivity index (χ1) is 28.6. The van der Waals surface area contributed by atoms with Gasteiger partial charge >= 0.3 is 17.9 Å². The number of ether oxygens (including phenoxy) is 11. The Morgan fingerprint density at radius 1 is 0.729 bits per heavy atom. The largest absolute Gasteiger partial charge is 0.497 e. The quantitative estimate of drug-likeness (QED) is 0.0362. The molecule has 3 aromatic rings. The average molecular weight is 820 g/mol. The van der Waals surface area contributed by atoms with Gasteiger partial charge in [0.05, 0.1) is 40.6 Å². The Morgan fingerprint density at radius 3 is 1.86 bits per heavy atom. The fourth-order valence-electron chi connectivity index (χ4n) is 6.58. The lowest BCUT2D eigenvalue weighted by Crippen LogP contribution is -2.66. The number of hydrogen-bond donors (Lipinski definition) is 0. The fraction of sp³-hybridized carbons (Fsp3) is 0.452. The van der Waals surface area contributed by atoms with E-state index in [4.69, 9.17) is 52.1 Å². The minimum absolute atomic E-state index is 0.00124. The predicted octanol–water partition coefficient (Wildman–Crippen LogP) is 5.14. The summed E-state index contributed by atoms with van der Waals surface area (Å²) < 4.78 is 66.4. The summed E-state index contributed by atoms with van der Waals surface area (Å²) in [6.07, 6.45) is -10.4. The summed E-state index contributed by atoms with van der Waals surface area (Å²) in [7, 11) is 2.74. The zero-order valence-electron chi connectivity index (χ0n) is 33.2. The number of carbonyl (C=O) groups is 3. The third-order valence-corrected chi connectivity index (χ3v) is 9.32. The van der Waals surface area contributed by atoms with Gasteiger partial charge in [0.25, 0.3) is 0 Å². The normalized spacial score (nSPS) is 26.4. The molecule has 2 aliphatic heterocycles. The van der Waals surface area contributed by atoms with E-state index in [1.54, 1.807) is 31.4 Å². The van der Waals surface area contributed by atoms with E-state index < -0.39 is 79.3 Å². The van der Waals surface area contributed by atoms with Crippen molar-refractivity contribution in [2.24, 2.45) is 5.11 Å². The molecule has 2 heterocycles. The molecule has 2 saturated heterocycles. The molecule has 0 bridgehead atoms. The summed E-state index contributed by atoms with van der Waals surface area (Å²) in [4.78, 5) is 41.8. The van der Waals surface area contributed by atoms with E-state index in [9.17, 15) is 19.9 Å². The van der Waals surface area contributed by atoms with E-state index in [0.717, 1.165) is 16.7 Å². The predicted molar refractivity (Wildman–Crippen MR) is 207 cm³/mol. The number of hydrogen-bond acceptors (Lipinski definition) is 15. The van der Waals surface area contributed by atoms with Crippen molar-refractivity contribution in [1.82, 2.24) is 0 Å². The van der Waals surface area contributed by atoms with Crippen LogP contribution in [0.25, 0.3) is 10.4 Å². The summed E-state index contributed by atoms with van der Waals surface area (Å²) in [5, 5.41) is 3.99. The molecule has 0 spiro atoms. The molecule has 0 amide bonds. The molecular formula is C42H49N3O14. The van der Waals surface area contributed by atoms with Gasteiger partial charge in [-0.25, -0.2) is 4.79 Å². The van der Waals surface area contributed by atoms with E-state index in [2.05, 4.69) is 16.6 Å². The van der Waals surface area contributed by atoms with Crippen LogP contribution in [0.3, 0.4) is 0 Å². The third-order valence-electron chi connectivity index (χ3n) is 9.32. The Balaban J connectivity index is 1.58. The van der Waals surface area contributed by atoms with E-state index in [0.29, 0.717) is 5.75 Å². The van der Waals surface area contributed by atoms with Crippen molar-refractivity contribution in [1.29, 1.82) is 0 Å². The van der Waals surface area contributed by atoms with Gasteiger partial charge in [0.2, 0.25) is 0 Å². The van der Waals surface area contributed by atoms with Gasteiger partial charge in [0.1, 0.15) is 48.9 Å². The highest BCUT2D eigenvalue weighted by Gasteiger charge is 2.56. The van der Waals surface area contributed by atoms with E-state index >= 15 is 0 Å². The summed E-state index contributed by atoms with van der Waals surface area (Å²) >= 11 is 0. The third kappa shape index (κ3) is 12.6. The molecule has 0 unspecified atom stereocenters. The number of nitrogens with zero attached hydrogens (tertiary/aromatic N) is 3. The SMILES string of the molecule is C=CCO[C@H]1O[C@H](COC(C)=O)[C@@H](O[C@@H]2O[C@@H](C(=O)OC)[C@@H](OCc3ccc(OC)cc3)[C@H](OCc3ccccc3)[C@H]2OC(C)=O)[C@H](OCc2ccccc2)[C@H]1N=[N+]=[N-]. The Morgan fingerprint density at radius 2 is 1.32 bits per heavy atom. The number of esters is 3. The van der Waals surface area contributed by atoms with Gasteiger partial charge in [-0.2, -0.15) is 0 Å². The van der Waals surface area contributed by atoms with Crippen LogP contribution in [0, 0.1) is 0 Å². The molecule has 0 aromatic heterocycles. The fourth-order valence-corrected chi connectivity index (χ4v) is 6.58. The number of carbonyl (C=O) groups excluding carboxylic acids is 3. The van der Waals surface area contributed by atoms with Gasteiger partial charge in [-0.05, 0) is 34.4 Å².